The van der Waals surface area contributed by atoms with Gasteiger partial charge in [-0.2, -0.15) is 0 Å². The molecule has 2 N–H and O–H groups in total. The van der Waals surface area contributed by atoms with Crippen LogP contribution < -0.4 is 10.5 Å². The second kappa shape index (κ2) is 3.64. The first-order chi connectivity index (χ1) is 5.27. The zero-order valence-electron chi connectivity index (χ0n) is 6.29. The highest BCUT2D eigenvalue weighted by Gasteiger charge is 2.19. The summed E-state index contributed by atoms with van der Waals surface area (Å²) >= 11 is 3.38. The first-order valence-corrected chi connectivity index (χ1v) is 4.24. The van der Waals surface area contributed by atoms with Gasteiger partial charge in [0, 0.05) is 10.0 Å². The minimum Gasteiger partial charge on any atom is -0.491 e. The largest absolute Gasteiger partial charge is 0.491 e. The van der Waals surface area contributed by atoms with Crippen LogP contribution in [0.3, 0.4) is 0 Å². The Labute approximate surface area is 85.6 Å². The van der Waals surface area contributed by atoms with Gasteiger partial charge in [0.2, 0.25) is 0 Å². The van der Waals surface area contributed by atoms with Crippen LogP contribution in [-0.4, -0.2) is 6.61 Å². The standard InChI is InChI=1S/C8H8BrNO.ClH/c9-5-1-2-8-6(3-5)7(10)4-11-8;/h1-3,7H,4,10H2;1H/t7-;/m0./s1. The molecule has 0 saturated heterocycles. The maximum atomic E-state index is 5.77. The maximum Gasteiger partial charge on any atom is 0.124 e. The summed E-state index contributed by atoms with van der Waals surface area (Å²) in [5.41, 5.74) is 6.87. The van der Waals surface area contributed by atoms with Gasteiger partial charge in [0.15, 0.2) is 0 Å². The first kappa shape index (κ1) is 9.84. The Morgan fingerprint density at radius 2 is 2.25 bits per heavy atom. The first-order valence-electron chi connectivity index (χ1n) is 3.45. The monoisotopic (exact) mass is 249 g/mol. The third kappa shape index (κ3) is 1.58. The molecular formula is C8H9BrClNO. The fourth-order valence-electron chi connectivity index (χ4n) is 1.21. The summed E-state index contributed by atoms with van der Waals surface area (Å²) in [7, 11) is 0. The summed E-state index contributed by atoms with van der Waals surface area (Å²) in [6.07, 6.45) is 0. The zero-order valence-corrected chi connectivity index (χ0v) is 8.69. The molecule has 4 heteroatoms. The van der Waals surface area contributed by atoms with Crippen molar-refractivity contribution >= 4 is 28.3 Å². The van der Waals surface area contributed by atoms with Crippen LogP contribution in [0.25, 0.3) is 0 Å². The van der Waals surface area contributed by atoms with Crippen molar-refractivity contribution in [3.8, 4) is 5.75 Å². The molecule has 1 aromatic rings. The Morgan fingerprint density at radius 3 is 3.00 bits per heavy atom. The lowest BCUT2D eigenvalue weighted by Crippen LogP contribution is -2.10. The highest BCUT2D eigenvalue weighted by molar-refractivity contribution is 9.10. The van der Waals surface area contributed by atoms with E-state index < -0.39 is 0 Å². The van der Waals surface area contributed by atoms with Crippen molar-refractivity contribution in [1.29, 1.82) is 0 Å². The minimum atomic E-state index is 0. The van der Waals surface area contributed by atoms with Gasteiger partial charge in [-0.1, -0.05) is 15.9 Å². The Balaban J connectivity index is 0.000000720. The van der Waals surface area contributed by atoms with E-state index in [1.54, 1.807) is 0 Å². The predicted molar refractivity (Wildman–Crippen MR) is 53.8 cm³/mol. The van der Waals surface area contributed by atoms with Crippen LogP contribution in [0.2, 0.25) is 0 Å². The van der Waals surface area contributed by atoms with Crippen LogP contribution in [-0.2, 0) is 0 Å². The molecule has 2 rings (SSSR count). The Bertz CT molecular complexity index is 292. The summed E-state index contributed by atoms with van der Waals surface area (Å²) in [5, 5.41) is 0. The van der Waals surface area contributed by atoms with Crippen molar-refractivity contribution in [3.63, 3.8) is 0 Å². The quantitative estimate of drug-likeness (QED) is 0.767. The highest BCUT2D eigenvalue weighted by atomic mass is 79.9. The average Bonchev–Trinajstić information content (AvgIpc) is 2.33. The molecule has 0 saturated carbocycles. The Kier molecular flexibility index (Phi) is 2.99. The van der Waals surface area contributed by atoms with Crippen LogP contribution in [0.5, 0.6) is 5.75 Å². The number of nitrogens with two attached hydrogens (primary N) is 1. The van der Waals surface area contributed by atoms with Gasteiger partial charge in [-0.25, -0.2) is 0 Å². The van der Waals surface area contributed by atoms with Crippen LogP contribution in [0.4, 0.5) is 0 Å². The fraction of sp³-hybridized carbons (Fsp3) is 0.250. The third-order valence-electron chi connectivity index (χ3n) is 1.79. The molecule has 0 radical (unpaired) electrons. The number of halogens is 2. The van der Waals surface area contributed by atoms with E-state index in [4.69, 9.17) is 10.5 Å². The van der Waals surface area contributed by atoms with Crippen molar-refractivity contribution in [2.75, 3.05) is 6.61 Å². The molecule has 2 nitrogen and oxygen atoms in total. The van der Waals surface area contributed by atoms with Crippen LogP contribution in [0, 0.1) is 0 Å². The molecule has 0 bridgehead atoms. The summed E-state index contributed by atoms with van der Waals surface area (Å²) in [6.45, 7) is 0.603. The van der Waals surface area contributed by atoms with Gasteiger partial charge in [-0.3, -0.25) is 0 Å². The molecule has 0 aromatic heterocycles. The molecule has 0 spiro atoms. The van der Waals surface area contributed by atoms with E-state index in [0.717, 1.165) is 15.8 Å². The van der Waals surface area contributed by atoms with Gasteiger partial charge in [0.25, 0.3) is 0 Å². The van der Waals surface area contributed by atoms with Crippen molar-refractivity contribution < 1.29 is 4.74 Å². The number of benzene rings is 1. The Morgan fingerprint density at radius 1 is 1.50 bits per heavy atom. The van der Waals surface area contributed by atoms with E-state index in [-0.39, 0.29) is 18.4 Å². The van der Waals surface area contributed by atoms with Crippen molar-refractivity contribution in [3.05, 3.63) is 28.2 Å². The summed E-state index contributed by atoms with van der Waals surface area (Å²) in [6, 6.07) is 5.94. The molecule has 1 aromatic carbocycles. The van der Waals surface area contributed by atoms with Gasteiger partial charge >= 0.3 is 0 Å². The van der Waals surface area contributed by atoms with Crippen molar-refractivity contribution in [2.24, 2.45) is 5.73 Å². The number of rotatable bonds is 0. The normalized spacial score (nSPS) is 19.3. The number of hydrogen-bond acceptors (Lipinski definition) is 2. The van der Waals surface area contributed by atoms with E-state index in [2.05, 4.69) is 15.9 Å². The summed E-state index contributed by atoms with van der Waals surface area (Å²) < 4.78 is 6.37. The Hall–Kier alpha value is -0.250. The zero-order chi connectivity index (χ0) is 7.84. The van der Waals surface area contributed by atoms with Crippen LogP contribution in [0.15, 0.2) is 22.7 Å². The molecule has 1 aliphatic heterocycles. The lowest BCUT2D eigenvalue weighted by atomic mass is 10.1. The predicted octanol–water partition coefficient (Wildman–Crippen LogP) is 2.26. The lowest BCUT2D eigenvalue weighted by Gasteiger charge is -1.99. The number of ether oxygens (including phenoxy) is 1. The van der Waals surface area contributed by atoms with Crippen molar-refractivity contribution in [2.45, 2.75) is 6.04 Å². The van der Waals surface area contributed by atoms with Gasteiger partial charge in [-0.05, 0) is 18.2 Å². The molecule has 1 heterocycles. The van der Waals surface area contributed by atoms with Gasteiger partial charge in [0.05, 0.1) is 6.04 Å². The second-order valence-electron chi connectivity index (χ2n) is 2.60. The smallest absolute Gasteiger partial charge is 0.124 e. The molecule has 66 valence electrons. The lowest BCUT2D eigenvalue weighted by molar-refractivity contribution is 0.333. The second-order valence-corrected chi connectivity index (χ2v) is 3.52. The van der Waals surface area contributed by atoms with Gasteiger partial charge in [0.1, 0.15) is 12.4 Å². The molecule has 0 unspecified atom stereocenters. The highest BCUT2D eigenvalue weighted by Crippen LogP contribution is 2.32. The van der Waals surface area contributed by atoms with E-state index in [9.17, 15) is 0 Å². The summed E-state index contributed by atoms with van der Waals surface area (Å²) in [4.78, 5) is 0. The molecule has 0 aliphatic carbocycles. The molecule has 12 heavy (non-hydrogen) atoms. The van der Waals surface area contributed by atoms with E-state index in [0.29, 0.717) is 6.61 Å². The topological polar surface area (TPSA) is 35.2 Å². The van der Waals surface area contributed by atoms with Crippen molar-refractivity contribution in [1.82, 2.24) is 0 Å². The van der Waals surface area contributed by atoms with Gasteiger partial charge in [-0.15, -0.1) is 12.4 Å². The molecular weight excluding hydrogens is 241 g/mol. The number of hydrogen-bond donors (Lipinski definition) is 1. The fourth-order valence-corrected chi connectivity index (χ4v) is 1.59. The maximum absolute atomic E-state index is 5.77. The van der Waals surface area contributed by atoms with E-state index in [1.807, 2.05) is 18.2 Å². The minimum absolute atomic E-state index is 0. The molecule has 1 aliphatic rings. The van der Waals surface area contributed by atoms with Crippen LogP contribution >= 0.6 is 28.3 Å². The average molecular weight is 251 g/mol. The van der Waals surface area contributed by atoms with Crippen LogP contribution in [0.1, 0.15) is 11.6 Å². The van der Waals surface area contributed by atoms with E-state index in [1.165, 1.54) is 0 Å². The molecule has 0 amide bonds. The SMILES string of the molecule is Cl.N[C@H]1COc2ccc(Br)cc21. The molecule has 1 atom stereocenters. The van der Waals surface area contributed by atoms with E-state index >= 15 is 0 Å². The number of fused-ring (bicyclic) bond motifs is 1. The third-order valence-corrected chi connectivity index (χ3v) is 2.28. The van der Waals surface area contributed by atoms with Gasteiger partial charge < -0.3 is 10.5 Å². The molecule has 0 fully saturated rings. The summed E-state index contributed by atoms with van der Waals surface area (Å²) in [5.74, 6) is 0.917.